The molecule has 0 bridgehead atoms. The molecule has 0 spiro atoms. The number of carbonyl (C=O) groups is 1. The second-order valence-electron chi connectivity index (χ2n) is 6.89. The number of nitrogens with zero attached hydrogens (tertiary/aromatic N) is 4. The average molecular weight is 336 g/mol. The maximum absolute atomic E-state index is 13.2. The maximum atomic E-state index is 13.2. The summed E-state index contributed by atoms with van der Waals surface area (Å²) in [6, 6.07) is 12.4. The van der Waals surface area contributed by atoms with Gasteiger partial charge in [0.05, 0.1) is 5.92 Å². The molecule has 0 N–H and O–H groups in total. The molecule has 5 nitrogen and oxygen atoms in total. The molecule has 2 aliphatic rings. The molecule has 1 aromatic carbocycles. The average Bonchev–Trinajstić information content (AvgIpc) is 2.94. The van der Waals surface area contributed by atoms with Gasteiger partial charge >= 0.3 is 0 Å². The second-order valence-corrected chi connectivity index (χ2v) is 6.89. The lowest BCUT2D eigenvalue weighted by Crippen LogP contribution is -2.39. The van der Waals surface area contributed by atoms with E-state index < -0.39 is 0 Å². The highest BCUT2D eigenvalue weighted by Gasteiger charge is 2.30. The highest BCUT2D eigenvalue weighted by atomic mass is 16.2. The molecule has 5 heteroatoms. The van der Waals surface area contributed by atoms with E-state index in [9.17, 15) is 4.79 Å². The predicted molar refractivity (Wildman–Crippen MR) is 97.6 cm³/mol. The van der Waals surface area contributed by atoms with Crippen LogP contribution in [-0.2, 0) is 11.2 Å². The Labute approximate surface area is 148 Å². The van der Waals surface area contributed by atoms with E-state index in [-0.39, 0.29) is 5.92 Å². The number of aryl methyl sites for hydroxylation is 1. The molecule has 1 fully saturated rings. The molecule has 1 amide bonds. The van der Waals surface area contributed by atoms with Crippen molar-refractivity contribution in [3.05, 3.63) is 53.7 Å². The number of hydrogen-bond acceptors (Lipinski definition) is 4. The van der Waals surface area contributed by atoms with E-state index in [0.29, 0.717) is 5.91 Å². The third-order valence-corrected chi connectivity index (χ3v) is 5.36. The molecule has 2 heterocycles. The van der Waals surface area contributed by atoms with Gasteiger partial charge in [-0.2, -0.15) is 5.10 Å². The largest absolute Gasteiger partial charge is 0.353 e. The smallest absolute Gasteiger partial charge is 0.230 e. The molecule has 1 aromatic heterocycles. The Bertz CT molecular complexity index is 733. The van der Waals surface area contributed by atoms with E-state index in [0.717, 1.165) is 57.7 Å². The summed E-state index contributed by atoms with van der Waals surface area (Å²) in [5, 5.41) is 8.18. The van der Waals surface area contributed by atoms with Crippen molar-refractivity contribution in [2.75, 3.05) is 31.1 Å². The van der Waals surface area contributed by atoms with Gasteiger partial charge in [-0.15, -0.1) is 5.10 Å². The molecular formula is C20H24N4O. The minimum atomic E-state index is 0.0352. The van der Waals surface area contributed by atoms with E-state index in [2.05, 4.69) is 44.3 Å². The zero-order valence-corrected chi connectivity index (χ0v) is 14.5. The topological polar surface area (TPSA) is 49.3 Å². The fraction of sp³-hybridized carbons (Fsp3) is 0.450. The van der Waals surface area contributed by atoms with Gasteiger partial charge in [0.2, 0.25) is 5.91 Å². The van der Waals surface area contributed by atoms with Crippen LogP contribution in [0.15, 0.2) is 42.6 Å². The third-order valence-electron chi connectivity index (χ3n) is 5.36. The van der Waals surface area contributed by atoms with E-state index in [4.69, 9.17) is 0 Å². The lowest BCUT2D eigenvalue weighted by atomic mass is 9.82. The SMILES string of the molecule is O=C(C1CCCc2ccccc21)N1CCCN(c2cccnn2)CC1. The molecule has 1 saturated heterocycles. The van der Waals surface area contributed by atoms with Crippen molar-refractivity contribution >= 4 is 11.7 Å². The number of benzene rings is 1. The molecule has 1 atom stereocenters. The molecule has 130 valence electrons. The molecule has 1 aliphatic carbocycles. The molecule has 25 heavy (non-hydrogen) atoms. The fourth-order valence-corrected chi connectivity index (χ4v) is 4.06. The summed E-state index contributed by atoms with van der Waals surface area (Å²) >= 11 is 0. The zero-order chi connectivity index (χ0) is 17.1. The van der Waals surface area contributed by atoms with Crippen LogP contribution < -0.4 is 4.90 Å². The number of rotatable bonds is 2. The molecular weight excluding hydrogens is 312 g/mol. The van der Waals surface area contributed by atoms with E-state index in [1.165, 1.54) is 11.1 Å². The lowest BCUT2D eigenvalue weighted by Gasteiger charge is -2.30. The van der Waals surface area contributed by atoms with Crippen LogP contribution in [0, 0.1) is 0 Å². The number of anilines is 1. The van der Waals surface area contributed by atoms with Crippen LogP contribution in [0.1, 0.15) is 36.3 Å². The van der Waals surface area contributed by atoms with Crippen molar-refractivity contribution in [2.24, 2.45) is 0 Å². The normalized spacial score (nSPS) is 20.7. The Morgan fingerprint density at radius 2 is 1.92 bits per heavy atom. The summed E-state index contributed by atoms with van der Waals surface area (Å²) < 4.78 is 0. The van der Waals surface area contributed by atoms with Crippen molar-refractivity contribution in [3.63, 3.8) is 0 Å². The number of carbonyl (C=O) groups excluding carboxylic acids is 1. The molecule has 4 rings (SSSR count). The molecule has 1 unspecified atom stereocenters. The van der Waals surface area contributed by atoms with Gasteiger partial charge in [0.1, 0.15) is 0 Å². The highest BCUT2D eigenvalue weighted by molar-refractivity contribution is 5.84. The van der Waals surface area contributed by atoms with E-state index in [1.54, 1.807) is 6.20 Å². The summed E-state index contributed by atoms with van der Waals surface area (Å²) in [4.78, 5) is 17.5. The first-order valence-electron chi connectivity index (χ1n) is 9.22. The van der Waals surface area contributed by atoms with Gasteiger partial charge in [-0.3, -0.25) is 4.79 Å². The number of amides is 1. The van der Waals surface area contributed by atoms with Crippen molar-refractivity contribution in [1.82, 2.24) is 15.1 Å². The Balaban J connectivity index is 1.47. The summed E-state index contributed by atoms with van der Waals surface area (Å²) in [5.74, 6) is 1.24. The van der Waals surface area contributed by atoms with Crippen molar-refractivity contribution in [3.8, 4) is 0 Å². The van der Waals surface area contributed by atoms with Crippen LogP contribution in [0.3, 0.4) is 0 Å². The zero-order valence-electron chi connectivity index (χ0n) is 14.5. The minimum Gasteiger partial charge on any atom is -0.353 e. The van der Waals surface area contributed by atoms with Gasteiger partial charge in [0.15, 0.2) is 5.82 Å². The third kappa shape index (κ3) is 3.36. The fourth-order valence-electron chi connectivity index (χ4n) is 4.06. The summed E-state index contributed by atoms with van der Waals surface area (Å²) in [7, 11) is 0. The van der Waals surface area contributed by atoms with Crippen LogP contribution in [0.5, 0.6) is 0 Å². The van der Waals surface area contributed by atoms with Crippen molar-refractivity contribution in [2.45, 2.75) is 31.6 Å². The van der Waals surface area contributed by atoms with Gasteiger partial charge in [0, 0.05) is 32.4 Å². The molecule has 0 saturated carbocycles. The summed E-state index contributed by atoms with van der Waals surface area (Å²) in [6.07, 6.45) is 5.84. The Hall–Kier alpha value is -2.43. The van der Waals surface area contributed by atoms with Gasteiger partial charge in [0.25, 0.3) is 0 Å². The first-order chi connectivity index (χ1) is 12.3. The first kappa shape index (κ1) is 16.1. The Kier molecular flexibility index (Phi) is 4.63. The number of aromatic nitrogens is 2. The summed E-state index contributed by atoms with van der Waals surface area (Å²) in [6.45, 7) is 3.32. The van der Waals surface area contributed by atoms with Crippen LogP contribution in [0.25, 0.3) is 0 Å². The monoisotopic (exact) mass is 336 g/mol. The van der Waals surface area contributed by atoms with Crippen LogP contribution in [0.4, 0.5) is 5.82 Å². The second kappa shape index (κ2) is 7.21. The Morgan fingerprint density at radius 1 is 1.00 bits per heavy atom. The van der Waals surface area contributed by atoms with Gasteiger partial charge in [-0.25, -0.2) is 0 Å². The molecule has 0 radical (unpaired) electrons. The highest BCUT2D eigenvalue weighted by Crippen LogP contribution is 2.33. The first-order valence-corrected chi connectivity index (χ1v) is 9.22. The minimum absolute atomic E-state index is 0.0352. The van der Waals surface area contributed by atoms with Gasteiger partial charge in [-0.1, -0.05) is 24.3 Å². The number of hydrogen-bond donors (Lipinski definition) is 0. The summed E-state index contributed by atoms with van der Waals surface area (Å²) in [5.41, 5.74) is 2.59. The van der Waals surface area contributed by atoms with Gasteiger partial charge in [-0.05, 0) is 48.9 Å². The molecule has 1 aliphatic heterocycles. The van der Waals surface area contributed by atoms with Crippen LogP contribution in [-0.4, -0.2) is 47.2 Å². The predicted octanol–water partition coefficient (Wildman–Crippen LogP) is 2.64. The standard InChI is InChI=1S/C20H24N4O/c25-20(18-9-3-7-16-6-1-2-8-17(16)18)24-13-5-12-23(14-15-24)19-10-4-11-21-22-19/h1-2,4,6,8,10-11,18H,3,5,7,9,12-15H2. The number of fused-ring (bicyclic) bond motifs is 1. The van der Waals surface area contributed by atoms with E-state index >= 15 is 0 Å². The van der Waals surface area contributed by atoms with Crippen molar-refractivity contribution < 1.29 is 4.79 Å². The lowest BCUT2D eigenvalue weighted by molar-refractivity contribution is -0.133. The maximum Gasteiger partial charge on any atom is 0.230 e. The van der Waals surface area contributed by atoms with Gasteiger partial charge < -0.3 is 9.80 Å². The van der Waals surface area contributed by atoms with Crippen LogP contribution in [0.2, 0.25) is 0 Å². The quantitative estimate of drug-likeness (QED) is 0.846. The van der Waals surface area contributed by atoms with Crippen molar-refractivity contribution in [1.29, 1.82) is 0 Å². The van der Waals surface area contributed by atoms with E-state index in [1.807, 2.05) is 12.1 Å². The van der Waals surface area contributed by atoms with Crippen LogP contribution >= 0.6 is 0 Å². The molecule has 2 aromatic rings. The Morgan fingerprint density at radius 3 is 2.80 bits per heavy atom.